The van der Waals surface area contributed by atoms with Gasteiger partial charge in [-0.1, -0.05) is 15.9 Å². The van der Waals surface area contributed by atoms with E-state index in [1.807, 2.05) is 20.8 Å². The molecule has 1 rings (SSSR count). The largest absolute Gasteiger partial charge is 0.490 e. The van der Waals surface area contributed by atoms with Gasteiger partial charge in [-0.25, -0.2) is 0 Å². The minimum absolute atomic E-state index is 0.142. The maximum atomic E-state index is 5.86. The van der Waals surface area contributed by atoms with Gasteiger partial charge in [0.1, 0.15) is 5.75 Å². The van der Waals surface area contributed by atoms with Crippen LogP contribution in [0.5, 0.6) is 5.75 Å². The second-order valence-electron chi connectivity index (χ2n) is 4.56. The number of hydrogen-bond donors (Lipinski definition) is 1. The molecule has 0 fully saturated rings. The lowest BCUT2D eigenvalue weighted by atomic mass is 10.0. The first-order valence-corrected chi connectivity index (χ1v) is 6.40. The summed E-state index contributed by atoms with van der Waals surface area (Å²) in [6, 6.07) is 4.31. The number of hydrogen-bond acceptors (Lipinski definition) is 2. The third kappa shape index (κ3) is 3.80. The predicted molar refractivity (Wildman–Crippen MR) is 72.0 cm³/mol. The van der Waals surface area contributed by atoms with E-state index in [0.29, 0.717) is 0 Å². The van der Waals surface area contributed by atoms with Gasteiger partial charge >= 0.3 is 0 Å². The Morgan fingerprint density at radius 3 is 2.44 bits per heavy atom. The molecule has 1 aromatic carbocycles. The van der Waals surface area contributed by atoms with E-state index in [9.17, 15) is 0 Å². The van der Waals surface area contributed by atoms with E-state index in [0.717, 1.165) is 22.2 Å². The van der Waals surface area contributed by atoms with Gasteiger partial charge in [0.15, 0.2) is 0 Å². The average Bonchev–Trinajstić information content (AvgIpc) is 2.09. The van der Waals surface area contributed by atoms with Gasteiger partial charge in [0.2, 0.25) is 0 Å². The highest BCUT2D eigenvalue weighted by molar-refractivity contribution is 9.10. The van der Waals surface area contributed by atoms with Crippen molar-refractivity contribution in [2.75, 3.05) is 0 Å². The van der Waals surface area contributed by atoms with Crippen LogP contribution in [0.15, 0.2) is 16.6 Å². The molecule has 1 atom stereocenters. The molecular weight excluding hydrogens is 266 g/mol. The number of benzene rings is 1. The molecule has 0 radical (unpaired) electrons. The van der Waals surface area contributed by atoms with Gasteiger partial charge in [-0.15, -0.1) is 0 Å². The first kappa shape index (κ1) is 13.5. The first-order chi connectivity index (χ1) is 7.40. The lowest BCUT2D eigenvalue weighted by Gasteiger charge is -2.18. The summed E-state index contributed by atoms with van der Waals surface area (Å²) in [5.41, 5.74) is 8.18. The van der Waals surface area contributed by atoms with Crippen LogP contribution in [0, 0.1) is 6.92 Å². The summed E-state index contributed by atoms with van der Waals surface area (Å²) >= 11 is 3.51. The minimum Gasteiger partial charge on any atom is -0.490 e. The molecule has 1 aromatic rings. The molecule has 0 heterocycles. The summed E-state index contributed by atoms with van der Waals surface area (Å²) in [5, 5.41) is 0. The lowest BCUT2D eigenvalue weighted by Crippen LogP contribution is -2.19. The van der Waals surface area contributed by atoms with Crippen LogP contribution < -0.4 is 10.5 Å². The third-order valence-corrected chi connectivity index (χ3v) is 2.67. The SMILES string of the molecule is Cc1cc(Br)cc(CC(C)N)c1OC(C)C. The number of aryl methyl sites for hydroxylation is 1. The molecule has 0 aliphatic carbocycles. The summed E-state index contributed by atoms with van der Waals surface area (Å²) in [4.78, 5) is 0. The van der Waals surface area contributed by atoms with E-state index in [1.165, 1.54) is 5.56 Å². The Balaban J connectivity index is 3.10. The van der Waals surface area contributed by atoms with Gasteiger partial charge in [0.25, 0.3) is 0 Å². The molecule has 0 amide bonds. The highest BCUT2D eigenvalue weighted by Gasteiger charge is 2.11. The molecule has 0 saturated carbocycles. The summed E-state index contributed by atoms with van der Waals surface area (Å²) in [6.07, 6.45) is 1.02. The van der Waals surface area contributed by atoms with Gasteiger partial charge in [0.05, 0.1) is 6.10 Å². The van der Waals surface area contributed by atoms with Crippen molar-refractivity contribution < 1.29 is 4.74 Å². The van der Waals surface area contributed by atoms with E-state index in [-0.39, 0.29) is 12.1 Å². The third-order valence-electron chi connectivity index (χ3n) is 2.21. The van der Waals surface area contributed by atoms with E-state index in [4.69, 9.17) is 10.5 Å². The molecule has 0 aliphatic heterocycles. The van der Waals surface area contributed by atoms with Crippen LogP contribution in [0.1, 0.15) is 31.9 Å². The van der Waals surface area contributed by atoms with Crippen molar-refractivity contribution in [2.45, 2.75) is 46.3 Å². The van der Waals surface area contributed by atoms with E-state index in [1.54, 1.807) is 0 Å². The second kappa shape index (κ2) is 5.69. The number of ether oxygens (including phenoxy) is 1. The Hall–Kier alpha value is -0.540. The normalized spacial score (nSPS) is 12.9. The summed E-state index contributed by atoms with van der Waals surface area (Å²) < 4.78 is 6.94. The highest BCUT2D eigenvalue weighted by Crippen LogP contribution is 2.29. The quantitative estimate of drug-likeness (QED) is 0.920. The van der Waals surface area contributed by atoms with Gasteiger partial charge in [-0.05, 0) is 57.4 Å². The van der Waals surface area contributed by atoms with Crippen molar-refractivity contribution in [3.05, 3.63) is 27.7 Å². The van der Waals surface area contributed by atoms with Crippen molar-refractivity contribution in [3.63, 3.8) is 0 Å². The Labute approximate surface area is 106 Å². The highest BCUT2D eigenvalue weighted by atomic mass is 79.9. The minimum atomic E-state index is 0.142. The summed E-state index contributed by atoms with van der Waals surface area (Å²) in [7, 11) is 0. The fraction of sp³-hybridized carbons (Fsp3) is 0.538. The van der Waals surface area contributed by atoms with Crippen molar-refractivity contribution in [1.29, 1.82) is 0 Å². The van der Waals surface area contributed by atoms with Crippen molar-refractivity contribution in [2.24, 2.45) is 5.73 Å². The fourth-order valence-electron chi connectivity index (χ4n) is 1.70. The van der Waals surface area contributed by atoms with Gasteiger partial charge in [-0.2, -0.15) is 0 Å². The maximum Gasteiger partial charge on any atom is 0.125 e. The Bertz CT molecular complexity index is 361. The van der Waals surface area contributed by atoms with Crippen molar-refractivity contribution in [3.8, 4) is 5.75 Å². The van der Waals surface area contributed by atoms with E-state index in [2.05, 4.69) is 35.0 Å². The zero-order chi connectivity index (χ0) is 12.3. The van der Waals surface area contributed by atoms with E-state index < -0.39 is 0 Å². The zero-order valence-electron chi connectivity index (χ0n) is 10.4. The van der Waals surface area contributed by atoms with Crippen LogP contribution in [-0.4, -0.2) is 12.1 Å². The number of nitrogens with two attached hydrogens (primary N) is 1. The molecule has 0 aromatic heterocycles. The van der Waals surface area contributed by atoms with Crippen molar-refractivity contribution in [1.82, 2.24) is 0 Å². The van der Waals surface area contributed by atoms with Gasteiger partial charge in [0, 0.05) is 10.5 Å². The molecule has 0 aliphatic rings. The van der Waals surface area contributed by atoms with Crippen LogP contribution in [0.25, 0.3) is 0 Å². The van der Waals surface area contributed by atoms with E-state index >= 15 is 0 Å². The maximum absolute atomic E-state index is 5.86. The molecular formula is C13H20BrNO. The van der Waals surface area contributed by atoms with Crippen LogP contribution in [0.3, 0.4) is 0 Å². The molecule has 0 spiro atoms. The Morgan fingerprint density at radius 1 is 1.31 bits per heavy atom. The summed E-state index contributed by atoms with van der Waals surface area (Å²) in [5.74, 6) is 0.982. The molecule has 2 nitrogen and oxygen atoms in total. The van der Waals surface area contributed by atoms with Crippen LogP contribution in [0.4, 0.5) is 0 Å². The average molecular weight is 286 g/mol. The molecule has 90 valence electrons. The monoisotopic (exact) mass is 285 g/mol. The topological polar surface area (TPSA) is 35.2 Å². The molecule has 2 N–H and O–H groups in total. The van der Waals surface area contributed by atoms with Crippen LogP contribution in [-0.2, 0) is 6.42 Å². The zero-order valence-corrected chi connectivity index (χ0v) is 12.0. The Kier molecular flexibility index (Phi) is 4.81. The fourth-order valence-corrected chi connectivity index (χ4v) is 2.32. The smallest absolute Gasteiger partial charge is 0.125 e. The molecule has 1 unspecified atom stereocenters. The van der Waals surface area contributed by atoms with Gasteiger partial charge in [-0.3, -0.25) is 0 Å². The molecule has 0 bridgehead atoms. The lowest BCUT2D eigenvalue weighted by molar-refractivity contribution is 0.238. The molecule has 0 saturated heterocycles. The second-order valence-corrected chi connectivity index (χ2v) is 5.47. The van der Waals surface area contributed by atoms with Gasteiger partial charge < -0.3 is 10.5 Å². The number of rotatable bonds is 4. The van der Waals surface area contributed by atoms with Crippen LogP contribution >= 0.6 is 15.9 Å². The summed E-state index contributed by atoms with van der Waals surface area (Å²) in [6.45, 7) is 8.15. The molecule has 3 heteroatoms. The Morgan fingerprint density at radius 2 is 1.94 bits per heavy atom. The number of halogens is 1. The molecule has 16 heavy (non-hydrogen) atoms. The standard InChI is InChI=1S/C13H20BrNO/c1-8(2)16-13-9(3)5-12(14)7-11(13)6-10(4)15/h5,7-8,10H,6,15H2,1-4H3. The predicted octanol–water partition coefficient (Wildman–Crippen LogP) is 3.43. The van der Waals surface area contributed by atoms with Crippen molar-refractivity contribution >= 4 is 15.9 Å². The van der Waals surface area contributed by atoms with Crippen LogP contribution in [0.2, 0.25) is 0 Å². The first-order valence-electron chi connectivity index (χ1n) is 5.61.